The average Bonchev–Trinajstić information content (AvgIpc) is 3.15. The highest BCUT2D eigenvalue weighted by atomic mass is 32.2. The van der Waals surface area contributed by atoms with Gasteiger partial charge in [-0.25, -0.2) is 0 Å². The molecule has 4 rings (SSSR count). The predicted octanol–water partition coefficient (Wildman–Crippen LogP) is 6.76. The molecule has 1 amide bonds. The van der Waals surface area contributed by atoms with Gasteiger partial charge in [-0.05, 0) is 61.1 Å². The summed E-state index contributed by atoms with van der Waals surface area (Å²) in [7, 11) is 1.65. The van der Waals surface area contributed by atoms with Crippen molar-refractivity contribution in [2.75, 3.05) is 19.0 Å². The van der Waals surface area contributed by atoms with Crippen LogP contribution in [0.3, 0.4) is 0 Å². The van der Waals surface area contributed by atoms with E-state index in [1.165, 1.54) is 19.3 Å². The number of carbonyl (C=O) groups excluding carboxylic acids is 1. The number of carbonyl (C=O) groups is 1. The van der Waals surface area contributed by atoms with Gasteiger partial charge in [0, 0.05) is 11.7 Å². The van der Waals surface area contributed by atoms with Gasteiger partial charge in [0.15, 0.2) is 17.0 Å². The van der Waals surface area contributed by atoms with Crippen LogP contribution >= 0.6 is 11.8 Å². The number of hydrogen-bond donors (Lipinski definition) is 1. The molecular formula is C28H36N2O3S. The normalized spacial score (nSPS) is 23.9. The van der Waals surface area contributed by atoms with Gasteiger partial charge in [0.25, 0.3) is 5.91 Å². The fourth-order valence-corrected chi connectivity index (χ4v) is 5.95. The van der Waals surface area contributed by atoms with Crippen molar-refractivity contribution >= 4 is 29.4 Å². The summed E-state index contributed by atoms with van der Waals surface area (Å²) in [6, 6.07) is 16.3. The molecule has 2 fully saturated rings. The maximum atomic E-state index is 13.7. The number of amides is 1. The molecule has 1 saturated carbocycles. The van der Waals surface area contributed by atoms with Gasteiger partial charge < -0.3 is 19.7 Å². The molecule has 0 aromatic heterocycles. The highest BCUT2D eigenvalue weighted by Gasteiger charge is 2.42. The van der Waals surface area contributed by atoms with E-state index in [0.717, 1.165) is 41.2 Å². The van der Waals surface area contributed by atoms with Crippen molar-refractivity contribution in [3.63, 3.8) is 0 Å². The van der Waals surface area contributed by atoms with Crippen LogP contribution in [-0.2, 0) is 4.79 Å². The van der Waals surface area contributed by atoms with Gasteiger partial charge in [-0.1, -0.05) is 69.1 Å². The van der Waals surface area contributed by atoms with Gasteiger partial charge in [-0.2, -0.15) is 0 Å². The first-order valence-corrected chi connectivity index (χ1v) is 13.3. The molecule has 2 aliphatic rings. The summed E-state index contributed by atoms with van der Waals surface area (Å²) < 4.78 is 11.4. The van der Waals surface area contributed by atoms with E-state index in [4.69, 9.17) is 9.47 Å². The van der Waals surface area contributed by atoms with Crippen molar-refractivity contribution in [3.8, 4) is 11.5 Å². The highest BCUT2D eigenvalue weighted by molar-refractivity contribution is 8.05. The van der Waals surface area contributed by atoms with Crippen LogP contribution in [-0.4, -0.2) is 36.1 Å². The van der Waals surface area contributed by atoms with Gasteiger partial charge in [0.2, 0.25) is 0 Å². The fourth-order valence-electron chi connectivity index (χ4n) is 4.74. The maximum absolute atomic E-state index is 13.7. The van der Waals surface area contributed by atoms with Crippen LogP contribution in [0.5, 0.6) is 11.5 Å². The average molecular weight is 481 g/mol. The Kier molecular flexibility index (Phi) is 8.44. The summed E-state index contributed by atoms with van der Waals surface area (Å²) >= 11 is 1.60. The second kappa shape index (κ2) is 11.7. The topological polar surface area (TPSA) is 50.8 Å². The molecule has 6 heteroatoms. The lowest BCUT2D eigenvalue weighted by Crippen LogP contribution is -2.48. The third kappa shape index (κ3) is 5.72. The van der Waals surface area contributed by atoms with E-state index in [9.17, 15) is 4.79 Å². The number of benzene rings is 2. The van der Waals surface area contributed by atoms with E-state index in [1.807, 2.05) is 42.5 Å². The molecular weight excluding hydrogens is 444 g/mol. The molecule has 1 saturated heterocycles. The number of methoxy groups -OCH3 is 1. The highest BCUT2D eigenvalue weighted by Crippen LogP contribution is 2.42. The van der Waals surface area contributed by atoms with Crippen molar-refractivity contribution in [2.24, 2.45) is 5.92 Å². The van der Waals surface area contributed by atoms with Gasteiger partial charge in [0.1, 0.15) is 0 Å². The smallest absolute Gasteiger partial charge is 0.262 e. The van der Waals surface area contributed by atoms with Crippen LogP contribution in [0.1, 0.15) is 57.9 Å². The number of nitrogens with one attached hydrogen (secondary N) is 1. The lowest BCUT2D eigenvalue weighted by atomic mass is 9.85. The Morgan fingerprint density at radius 2 is 1.91 bits per heavy atom. The third-order valence-electron chi connectivity index (χ3n) is 6.66. The molecule has 34 heavy (non-hydrogen) atoms. The molecule has 182 valence electrons. The molecule has 3 atom stereocenters. The molecule has 2 aromatic carbocycles. The van der Waals surface area contributed by atoms with E-state index in [0.29, 0.717) is 18.3 Å². The van der Waals surface area contributed by atoms with Crippen LogP contribution < -0.4 is 14.8 Å². The number of thioether (sulfide) groups is 1. The maximum Gasteiger partial charge on any atom is 0.262 e. The summed E-state index contributed by atoms with van der Waals surface area (Å²) in [6.07, 6.45) is 8.73. The fraction of sp³-hybridized carbons (Fsp3) is 0.464. The first-order valence-electron chi connectivity index (χ1n) is 12.4. The van der Waals surface area contributed by atoms with Gasteiger partial charge >= 0.3 is 0 Å². The first kappa shape index (κ1) is 24.5. The molecule has 0 radical (unpaired) electrons. The molecule has 0 bridgehead atoms. The Bertz CT molecular complexity index is 994. The number of anilines is 1. The second-order valence-corrected chi connectivity index (χ2v) is 10.3. The Balaban J connectivity index is 1.59. The van der Waals surface area contributed by atoms with Gasteiger partial charge in [-0.15, -0.1) is 0 Å². The van der Waals surface area contributed by atoms with Crippen LogP contribution in [0.15, 0.2) is 53.4 Å². The van der Waals surface area contributed by atoms with Crippen molar-refractivity contribution in [3.05, 3.63) is 59.0 Å². The summed E-state index contributed by atoms with van der Waals surface area (Å²) in [6.45, 7) is 5.09. The van der Waals surface area contributed by atoms with Crippen LogP contribution in [0, 0.1) is 5.92 Å². The van der Waals surface area contributed by atoms with Crippen molar-refractivity contribution in [2.45, 2.75) is 63.9 Å². The summed E-state index contributed by atoms with van der Waals surface area (Å²) in [5.74, 6) is 2.04. The molecule has 5 nitrogen and oxygen atoms in total. The molecule has 0 spiro atoms. The van der Waals surface area contributed by atoms with E-state index in [-0.39, 0.29) is 17.4 Å². The Morgan fingerprint density at radius 1 is 1.12 bits per heavy atom. The number of ether oxygens (including phenoxy) is 2. The molecule has 1 unspecified atom stereocenters. The number of nitrogens with zero attached hydrogens (tertiary/aromatic N) is 1. The quantitative estimate of drug-likeness (QED) is 0.317. The van der Waals surface area contributed by atoms with Crippen molar-refractivity contribution in [1.29, 1.82) is 0 Å². The molecule has 1 heterocycles. The predicted molar refractivity (Wildman–Crippen MR) is 141 cm³/mol. The van der Waals surface area contributed by atoms with E-state index in [1.54, 1.807) is 18.9 Å². The SMILES string of the molecule is CCCCOc1ccc(/C=C2\SC(Nc3ccccc3)N([C@H]3CCCC[C@@H]3C)C2=O)cc1OC. The Morgan fingerprint density at radius 3 is 2.65 bits per heavy atom. The van der Waals surface area contributed by atoms with Gasteiger partial charge in [-0.3, -0.25) is 4.79 Å². The summed E-state index contributed by atoms with van der Waals surface area (Å²) in [5.41, 5.74) is 1.84. The monoisotopic (exact) mass is 480 g/mol. The number of rotatable bonds is 9. The van der Waals surface area contributed by atoms with Crippen LogP contribution in [0.4, 0.5) is 5.69 Å². The lowest BCUT2D eigenvalue weighted by molar-refractivity contribution is -0.129. The number of para-hydroxylation sites is 1. The molecule has 2 aromatic rings. The van der Waals surface area contributed by atoms with Gasteiger partial charge in [0.05, 0.1) is 18.6 Å². The molecule has 1 aliphatic carbocycles. The Hall–Kier alpha value is -2.60. The van der Waals surface area contributed by atoms with E-state index >= 15 is 0 Å². The van der Waals surface area contributed by atoms with Crippen LogP contribution in [0.2, 0.25) is 0 Å². The third-order valence-corrected chi connectivity index (χ3v) is 7.78. The van der Waals surface area contributed by atoms with E-state index in [2.05, 4.69) is 36.2 Å². The number of hydrogen-bond acceptors (Lipinski definition) is 5. The zero-order chi connectivity index (χ0) is 23.9. The number of unbranched alkanes of at least 4 members (excludes halogenated alkanes) is 1. The minimum atomic E-state index is -0.120. The zero-order valence-corrected chi connectivity index (χ0v) is 21.3. The van der Waals surface area contributed by atoms with Crippen molar-refractivity contribution in [1.82, 2.24) is 4.90 Å². The molecule has 1 aliphatic heterocycles. The zero-order valence-electron chi connectivity index (χ0n) is 20.5. The minimum Gasteiger partial charge on any atom is -0.493 e. The molecule has 1 N–H and O–H groups in total. The first-order chi connectivity index (χ1) is 16.6. The largest absolute Gasteiger partial charge is 0.493 e. The minimum absolute atomic E-state index is 0.111. The van der Waals surface area contributed by atoms with E-state index < -0.39 is 0 Å². The summed E-state index contributed by atoms with van der Waals surface area (Å²) in [5, 5.41) is 3.60. The second-order valence-electron chi connectivity index (χ2n) is 9.14. The Labute approximate surface area is 207 Å². The lowest BCUT2D eigenvalue weighted by Gasteiger charge is -2.39. The van der Waals surface area contributed by atoms with Crippen LogP contribution in [0.25, 0.3) is 6.08 Å². The summed E-state index contributed by atoms with van der Waals surface area (Å²) in [4.78, 5) is 16.5. The van der Waals surface area contributed by atoms with Crippen molar-refractivity contribution < 1.29 is 14.3 Å². The standard InChI is InChI=1S/C28H36N2O3S/c1-4-5-17-33-24-16-15-21(18-25(24)32-3)19-26-27(31)30(23-14-10-9-11-20(23)2)28(34-26)29-22-12-7-6-8-13-22/h6-8,12-13,15-16,18-20,23,28-29H,4-5,9-11,14,17H2,1-3H3/b26-19-/t20-,23-,28?/m0/s1.